The maximum Gasteiger partial charge on any atom is 0.217 e. The van der Waals surface area contributed by atoms with E-state index in [9.17, 15) is 4.79 Å². The Morgan fingerprint density at radius 3 is 2.94 bits per heavy atom. The van der Waals surface area contributed by atoms with Crippen LogP contribution >= 0.6 is 0 Å². The van der Waals surface area contributed by atoms with Crippen LogP contribution in [0.15, 0.2) is 30.5 Å². The summed E-state index contributed by atoms with van der Waals surface area (Å²) in [5.74, 6) is -0.244. The molecule has 0 fully saturated rings. The number of benzene rings is 1. The van der Waals surface area contributed by atoms with Crippen LogP contribution in [0.25, 0.3) is 10.9 Å². The van der Waals surface area contributed by atoms with Gasteiger partial charge in [-0.3, -0.25) is 4.79 Å². The normalized spacial score (nSPS) is 10.4. The SMILES string of the molecule is NC(=O)CCCCNc1cnnc2ccccc12. The van der Waals surface area contributed by atoms with Crippen LogP contribution in [0, 0.1) is 0 Å². The molecular weight excluding hydrogens is 228 g/mol. The standard InChI is InChI=1S/C13H16N4O/c14-13(18)7-3-4-8-15-12-9-16-17-11-6-2-1-5-10(11)12/h1-2,5-6,9H,3-4,7-8H2,(H2,14,18)(H,15,17). The Kier molecular flexibility index (Phi) is 4.06. The van der Waals surface area contributed by atoms with Gasteiger partial charge in [0, 0.05) is 18.4 Å². The highest BCUT2D eigenvalue weighted by Gasteiger charge is 2.01. The van der Waals surface area contributed by atoms with E-state index in [0.717, 1.165) is 36.0 Å². The number of primary amides is 1. The zero-order valence-corrected chi connectivity index (χ0v) is 10.1. The van der Waals surface area contributed by atoms with Crippen molar-refractivity contribution in [2.24, 2.45) is 5.73 Å². The highest BCUT2D eigenvalue weighted by molar-refractivity contribution is 5.90. The van der Waals surface area contributed by atoms with E-state index in [4.69, 9.17) is 5.73 Å². The number of carbonyl (C=O) groups excluding carboxylic acids is 1. The Balaban J connectivity index is 1.93. The summed E-state index contributed by atoms with van der Waals surface area (Å²) in [6, 6.07) is 7.85. The molecule has 0 radical (unpaired) electrons. The predicted octanol–water partition coefficient (Wildman–Crippen LogP) is 1.70. The van der Waals surface area contributed by atoms with Crippen molar-refractivity contribution in [3.63, 3.8) is 0 Å². The first-order valence-corrected chi connectivity index (χ1v) is 6.00. The Labute approximate surface area is 105 Å². The molecule has 1 aromatic carbocycles. The fourth-order valence-electron chi connectivity index (χ4n) is 1.80. The second-order valence-electron chi connectivity index (χ2n) is 4.13. The van der Waals surface area contributed by atoms with Crippen molar-refractivity contribution in [3.05, 3.63) is 30.5 Å². The van der Waals surface area contributed by atoms with Crippen LogP contribution in [0.5, 0.6) is 0 Å². The van der Waals surface area contributed by atoms with E-state index in [2.05, 4.69) is 15.5 Å². The van der Waals surface area contributed by atoms with Gasteiger partial charge in [0.25, 0.3) is 0 Å². The number of amides is 1. The van der Waals surface area contributed by atoms with Gasteiger partial charge in [-0.25, -0.2) is 0 Å². The van der Waals surface area contributed by atoms with Crippen LogP contribution in [0.1, 0.15) is 19.3 Å². The maximum absolute atomic E-state index is 10.6. The zero-order chi connectivity index (χ0) is 12.8. The molecular formula is C13H16N4O. The molecule has 0 saturated carbocycles. The van der Waals surface area contributed by atoms with Gasteiger partial charge in [0.1, 0.15) is 0 Å². The molecule has 0 atom stereocenters. The molecule has 0 bridgehead atoms. The summed E-state index contributed by atoms with van der Waals surface area (Å²) in [4.78, 5) is 10.6. The van der Waals surface area contributed by atoms with Crippen molar-refractivity contribution in [3.8, 4) is 0 Å². The van der Waals surface area contributed by atoms with Crippen molar-refractivity contribution in [1.29, 1.82) is 0 Å². The number of rotatable bonds is 6. The van der Waals surface area contributed by atoms with Crippen molar-refractivity contribution >= 4 is 22.5 Å². The average Bonchev–Trinajstić information content (AvgIpc) is 2.38. The molecule has 2 rings (SSSR count). The lowest BCUT2D eigenvalue weighted by atomic mass is 10.2. The minimum Gasteiger partial charge on any atom is -0.383 e. The number of fused-ring (bicyclic) bond motifs is 1. The number of hydrogen-bond acceptors (Lipinski definition) is 4. The molecule has 0 aliphatic carbocycles. The Bertz CT molecular complexity index is 536. The molecule has 0 saturated heterocycles. The highest BCUT2D eigenvalue weighted by atomic mass is 16.1. The molecule has 94 valence electrons. The number of hydrogen-bond donors (Lipinski definition) is 2. The molecule has 1 heterocycles. The van der Waals surface area contributed by atoms with E-state index < -0.39 is 0 Å². The fourth-order valence-corrected chi connectivity index (χ4v) is 1.80. The lowest BCUT2D eigenvalue weighted by Crippen LogP contribution is -2.11. The summed E-state index contributed by atoms with van der Waals surface area (Å²) >= 11 is 0. The molecule has 0 aliphatic rings. The van der Waals surface area contributed by atoms with Crippen LogP contribution in [0.4, 0.5) is 5.69 Å². The number of aromatic nitrogens is 2. The Morgan fingerprint density at radius 1 is 1.28 bits per heavy atom. The van der Waals surface area contributed by atoms with Crippen LogP contribution in [0.2, 0.25) is 0 Å². The van der Waals surface area contributed by atoms with Crippen LogP contribution in [-0.2, 0) is 4.79 Å². The minimum atomic E-state index is -0.244. The van der Waals surface area contributed by atoms with Crippen molar-refractivity contribution in [2.75, 3.05) is 11.9 Å². The van der Waals surface area contributed by atoms with E-state index in [0.29, 0.717) is 6.42 Å². The third kappa shape index (κ3) is 3.16. The van der Waals surface area contributed by atoms with Gasteiger partial charge in [0.15, 0.2) is 0 Å². The number of nitrogens with two attached hydrogens (primary N) is 1. The van der Waals surface area contributed by atoms with Crippen molar-refractivity contribution in [1.82, 2.24) is 10.2 Å². The quantitative estimate of drug-likeness (QED) is 0.758. The van der Waals surface area contributed by atoms with Gasteiger partial charge in [-0.2, -0.15) is 10.2 Å². The molecule has 3 N–H and O–H groups in total. The number of nitrogens with zero attached hydrogens (tertiary/aromatic N) is 2. The first-order chi connectivity index (χ1) is 8.77. The summed E-state index contributed by atoms with van der Waals surface area (Å²) in [6.45, 7) is 0.795. The van der Waals surface area contributed by atoms with E-state index in [1.807, 2.05) is 24.3 Å². The van der Waals surface area contributed by atoms with E-state index >= 15 is 0 Å². The minimum absolute atomic E-state index is 0.244. The van der Waals surface area contributed by atoms with Crippen molar-refractivity contribution in [2.45, 2.75) is 19.3 Å². The molecule has 2 aromatic rings. The van der Waals surface area contributed by atoms with Crippen LogP contribution < -0.4 is 11.1 Å². The molecule has 0 spiro atoms. The summed E-state index contributed by atoms with van der Waals surface area (Å²) in [6.07, 6.45) is 3.87. The smallest absolute Gasteiger partial charge is 0.217 e. The van der Waals surface area contributed by atoms with Gasteiger partial charge in [0.2, 0.25) is 5.91 Å². The Hall–Kier alpha value is -2.17. The third-order valence-corrected chi connectivity index (χ3v) is 2.71. The number of anilines is 1. The molecule has 1 amide bonds. The molecule has 0 unspecified atom stereocenters. The molecule has 18 heavy (non-hydrogen) atoms. The highest BCUT2D eigenvalue weighted by Crippen LogP contribution is 2.19. The summed E-state index contributed by atoms with van der Waals surface area (Å²) in [5.41, 5.74) is 6.93. The topological polar surface area (TPSA) is 80.9 Å². The monoisotopic (exact) mass is 244 g/mol. The summed E-state index contributed by atoms with van der Waals surface area (Å²) in [5, 5.41) is 12.4. The van der Waals surface area contributed by atoms with E-state index in [1.165, 1.54) is 0 Å². The van der Waals surface area contributed by atoms with Gasteiger partial charge < -0.3 is 11.1 Å². The molecule has 5 nitrogen and oxygen atoms in total. The zero-order valence-electron chi connectivity index (χ0n) is 10.1. The van der Waals surface area contributed by atoms with Gasteiger partial charge >= 0.3 is 0 Å². The van der Waals surface area contributed by atoms with E-state index in [1.54, 1.807) is 6.20 Å². The second-order valence-corrected chi connectivity index (χ2v) is 4.13. The first kappa shape index (κ1) is 12.3. The largest absolute Gasteiger partial charge is 0.383 e. The first-order valence-electron chi connectivity index (χ1n) is 6.00. The van der Waals surface area contributed by atoms with Gasteiger partial charge in [0.05, 0.1) is 17.4 Å². The molecule has 0 aliphatic heterocycles. The third-order valence-electron chi connectivity index (χ3n) is 2.71. The van der Waals surface area contributed by atoms with Gasteiger partial charge in [-0.1, -0.05) is 18.2 Å². The number of unbranched alkanes of at least 4 members (excludes halogenated alkanes) is 1. The Morgan fingerprint density at radius 2 is 2.11 bits per heavy atom. The predicted molar refractivity (Wildman–Crippen MR) is 71.1 cm³/mol. The van der Waals surface area contributed by atoms with Crippen molar-refractivity contribution < 1.29 is 4.79 Å². The fraction of sp³-hybridized carbons (Fsp3) is 0.308. The average molecular weight is 244 g/mol. The summed E-state index contributed by atoms with van der Waals surface area (Å²) in [7, 11) is 0. The van der Waals surface area contributed by atoms with Gasteiger partial charge in [-0.15, -0.1) is 0 Å². The van der Waals surface area contributed by atoms with Crippen LogP contribution in [-0.4, -0.2) is 22.6 Å². The molecule has 5 heteroatoms. The van der Waals surface area contributed by atoms with Gasteiger partial charge in [-0.05, 0) is 18.9 Å². The second kappa shape index (κ2) is 5.95. The summed E-state index contributed by atoms with van der Waals surface area (Å²) < 4.78 is 0. The lowest BCUT2D eigenvalue weighted by molar-refractivity contribution is -0.118. The molecule has 1 aromatic heterocycles. The number of carbonyl (C=O) groups is 1. The lowest BCUT2D eigenvalue weighted by Gasteiger charge is -2.07. The van der Waals surface area contributed by atoms with Crippen LogP contribution in [0.3, 0.4) is 0 Å². The number of nitrogens with one attached hydrogen (secondary N) is 1. The van der Waals surface area contributed by atoms with E-state index in [-0.39, 0.29) is 5.91 Å². The maximum atomic E-state index is 10.6.